The molecule has 0 aliphatic carbocycles. The zero-order valence-electron chi connectivity index (χ0n) is 14.2. The lowest BCUT2D eigenvalue weighted by atomic mass is 10.2. The molecule has 1 amide bonds. The van der Waals surface area contributed by atoms with Gasteiger partial charge in [0.2, 0.25) is 5.91 Å². The van der Waals surface area contributed by atoms with Crippen molar-refractivity contribution >= 4 is 23.2 Å². The number of hydrogen-bond donors (Lipinski definition) is 0. The molecule has 0 bridgehead atoms. The summed E-state index contributed by atoms with van der Waals surface area (Å²) >= 11 is 1.53. The van der Waals surface area contributed by atoms with Crippen LogP contribution < -0.4 is 0 Å². The summed E-state index contributed by atoms with van der Waals surface area (Å²) in [6.45, 7) is 6.44. The summed E-state index contributed by atoms with van der Waals surface area (Å²) in [5, 5.41) is 0.962. The van der Waals surface area contributed by atoms with Crippen molar-refractivity contribution in [3.8, 4) is 0 Å². The highest BCUT2D eigenvalue weighted by Gasteiger charge is 2.13. The van der Waals surface area contributed by atoms with Crippen LogP contribution in [0.25, 0.3) is 0 Å². The van der Waals surface area contributed by atoms with E-state index >= 15 is 0 Å². The highest BCUT2D eigenvalue weighted by atomic mass is 32.1. The monoisotopic (exact) mass is 346 g/mol. The second kappa shape index (κ2) is 8.59. The average molecular weight is 346 g/mol. The summed E-state index contributed by atoms with van der Waals surface area (Å²) in [4.78, 5) is 30.6. The molecule has 6 heteroatoms. The van der Waals surface area contributed by atoms with Gasteiger partial charge in [0.1, 0.15) is 6.61 Å². The molecule has 0 fully saturated rings. The fourth-order valence-electron chi connectivity index (χ4n) is 2.30. The van der Waals surface area contributed by atoms with Gasteiger partial charge < -0.3 is 9.64 Å². The molecular formula is C18H22N2O3S. The van der Waals surface area contributed by atoms with E-state index in [1.807, 2.05) is 44.2 Å². The van der Waals surface area contributed by atoms with E-state index in [0.717, 1.165) is 21.1 Å². The lowest BCUT2D eigenvalue weighted by Gasteiger charge is -2.20. The minimum Gasteiger partial charge on any atom is -0.460 e. The van der Waals surface area contributed by atoms with Crippen molar-refractivity contribution in [2.75, 3.05) is 6.54 Å². The molecule has 5 nitrogen and oxygen atoms in total. The Morgan fingerprint density at radius 2 is 1.92 bits per heavy atom. The van der Waals surface area contributed by atoms with Crippen LogP contribution in [0.4, 0.5) is 0 Å². The third-order valence-corrected chi connectivity index (χ3v) is 4.66. The van der Waals surface area contributed by atoms with Crippen LogP contribution in [0.5, 0.6) is 0 Å². The first kappa shape index (κ1) is 18.1. The van der Waals surface area contributed by atoms with Crippen LogP contribution in [0, 0.1) is 13.8 Å². The van der Waals surface area contributed by atoms with Gasteiger partial charge >= 0.3 is 5.97 Å². The third-order valence-electron chi connectivity index (χ3n) is 3.61. The van der Waals surface area contributed by atoms with Gasteiger partial charge in [-0.05, 0) is 19.4 Å². The van der Waals surface area contributed by atoms with Crippen molar-refractivity contribution in [3.63, 3.8) is 0 Å². The highest BCUT2D eigenvalue weighted by molar-refractivity contribution is 7.11. The Labute approximate surface area is 146 Å². The predicted octanol–water partition coefficient (Wildman–Crippen LogP) is 3.24. The number of esters is 1. The summed E-state index contributed by atoms with van der Waals surface area (Å²) in [5.41, 5.74) is 1.94. The van der Waals surface area contributed by atoms with Gasteiger partial charge in [-0.25, -0.2) is 4.98 Å². The van der Waals surface area contributed by atoms with Gasteiger partial charge in [-0.2, -0.15) is 0 Å². The molecule has 1 heterocycles. The second-order valence-corrected chi connectivity index (χ2v) is 6.87. The number of carbonyl (C=O) groups is 2. The zero-order valence-corrected chi connectivity index (χ0v) is 15.1. The Balaban J connectivity index is 1.82. The van der Waals surface area contributed by atoms with Crippen molar-refractivity contribution < 1.29 is 14.3 Å². The van der Waals surface area contributed by atoms with Crippen LogP contribution in [0.1, 0.15) is 34.5 Å². The SMILES string of the molecule is CC(=O)N(CCC(=O)OCc1sc(C)nc1C)Cc1ccccc1. The normalized spacial score (nSPS) is 10.5. The van der Waals surface area contributed by atoms with E-state index in [1.165, 1.54) is 18.3 Å². The molecule has 0 saturated heterocycles. The van der Waals surface area contributed by atoms with Gasteiger partial charge in [0.25, 0.3) is 0 Å². The largest absolute Gasteiger partial charge is 0.460 e. The van der Waals surface area contributed by atoms with Gasteiger partial charge in [0.05, 0.1) is 22.0 Å². The molecule has 0 spiro atoms. The maximum Gasteiger partial charge on any atom is 0.307 e. The summed E-state index contributed by atoms with van der Waals surface area (Å²) in [5.74, 6) is -0.361. The summed E-state index contributed by atoms with van der Waals surface area (Å²) in [6, 6.07) is 9.72. The molecular weight excluding hydrogens is 324 g/mol. The molecule has 1 aromatic heterocycles. The van der Waals surface area contributed by atoms with Gasteiger partial charge in [-0.1, -0.05) is 30.3 Å². The van der Waals surface area contributed by atoms with E-state index in [2.05, 4.69) is 4.98 Å². The number of nitrogens with zero attached hydrogens (tertiary/aromatic N) is 2. The van der Waals surface area contributed by atoms with Gasteiger partial charge in [0.15, 0.2) is 0 Å². The molecule has 24 heavy (non-hydrogen) atoms. The molecule has 2 aromatic rings. The number of ether oxygens (including phenoxy) is 1. The molecule has 0 saturated carbocycles. The van der Waals surface area contributed by atoms with Gasteiger partial charge in [-0.15, -0.1) is 11.3 Å². The van der Waals surface area contributed by atoms with E-state index in [9.17, 15) is 9.59 Å². The van der Waals surface area contributed by atoms with Crippen LogP contribution in [0.2, 0.25) is 0 Å². The molecule has 0 N–H and O–H groups in total. The zero-order chi connectivity index (χ0) is 17.5. The van der Waals surface area contributed by atoms with Gasteiger partial charge in [-0.3, -0.25) is 9.59 Å². The minimum absolute atomic E-state index is 0.0550. The van der Waals surface area contributed by atoms with Crippen LogP contribution >= 0.6 is 11.3 Å². The Hall–Kier alpha value is -2.21. The van der Waals surface area contributed by atoms with E-state index in [0.29, 0.717) is 13.1 Å². The van der Waals surface area contributed by atoms with Crippen molar-refractivity contribution in [2.24, 2.45) is 0 Å². The number of carbonyl (C=O) groups excluding carboxylic acids is 2. The van der Waals surface area contributed by atoms with Crippen molar-refractivity contribution in [3.05, 3.63) is 51.5 Å². The van der Waals surface area contributed by atoms with Crippen LogP contribution in [-0.4, -0.2) is 28.3 Å². The number of thiazole rings is 1. The first-order chi connectivity index (χ1) is 11.5. The summed E-state index contributed by atoms with van der Waals surface area (Å²) in [6.07, 6.45) is 0.184. The van der Waals surface area contributed by atoms with Crippen LogP contribution in [0.3, 0.4) is 0 Å². The number of benzene rings is 1. The number of rotatable bonds is 7. The van der Waals surface area contributed by atoms with Crippen LogP contribution in [-0.2, 0) is 27.5 Å². The Kier molecular flexibility index (Phi) is 6.49. The smallest absolute Gasteiger partial charge is 0.307 e. The Morgan fingerprint density at radius 1 is 1.21 bits per heavy atom. The first-order valence-corrected chi connectivity index (χ1v) is 8.65. The number of aryl methyl sites for hydroxylation is 2. The highest BCUT2D eigenvalue weighted by Crippen LogP contribution is 2.18. The van der Waals surface area contributed by atoms with Crippen molar-refractivity contribution in [2.45, 2.75) is 40.3 Å². The van der Waals surface area contributed by atoms with E-state index < -0.39 is 0 Å². The maximum atomic E-state index is 11.9. The molecule has 128 valence electrons. The van der Waals surface area contributed by atoms with E-state index in [4.69, 9.17) is 4.74 Å². The molecule has 1 aromatic carbocycles. The fourth-order valence-corrected chi connectivity index (χ4v) is 3.15. The van der Waals surface area contributed by atoms with Crippen molar-refractivity contribution in [1.29, 1.82) is 0 Å². The standard InChI is InChI=1S/C18H22N2O3S/c1-13-17(24-14(2)19-13)12-23-18(22)9-10-20(15(3)21)11-16-7-5-4-6-8-16/h4-8H,9-12H2,1-3H3. The third kappa shape index (κ3) is 5.45. The molecule has 2 rings (SSSR count). The van der Waals surface area contributed by atoms with Gasteiger partial charge in [0, 0.05) is 20.0 Å². The number of amides is 1. The fraction of sp³-hybridized carbons (Fsp3) is 0.389. The van der Waals surface area contributed by atoms with E-state index in [-0.39, 0.29) is 24.9 Å². The summed E-state index contributed by atoms with van der Waals surface area (Å²) < 4.78 is 5.30. The first-order valence-electron chi connectivity index (χ1n) is 7.83. The Morgan fingerprint density at radius 3 is 2.50 bits per heavy atom. The minimum atomic E-state index is -0.306. The lowest BCUT2D eigenvalue weighted by Crippen LogP contribution is -2.30. The topological polar surface area (TPSA) is 59.5 Å². The van der Waals surface area contributed by atoms with Crippen molar-refractivity contribution in [1.82, 2.24) is 9.88 Å². The maximum absolute atomic E-state index is 11.9. The molecule has 0 aliphatic rings. The molecule has 0 atom stereocenters. The average Bonchev–Trinajstić information content (AvgIpc) is 2.87. The summed E-state index contributed by atoms with van der Waals surface area (Å²) in [7, 11) is 0. The number of aromatic nitrogens is 1. The predicted molar refractivity (Wildman–Crippen MR) is 93.5 cm³/mol. The second-order valence-electron chi connectivity index (χ2n) is 5.58. The molecule has 0 aliphatic heterocycles. The number of hydrogen-bond acceptors (Lipinski definition) is 5. The van der Waals surface area contributed by atoms with Crippen LogP contribution in [0.15, 0.2) is 30.3 Å². The lowest BCUT2D eigenvalue weighted by molar-refractivity contribution is -0.145. The Bertz CT molecular complexity index is 698. The molecule has 0 radical (unpaired) electrons. The van der Waals surface area contributed by atoms with E-state index in [1.54, 1.807) is 4.90 Å². The quantitative estimate of drug-likeness (QED) is 0.722. The molecule has 0 unspecified atom stereocenters.